The maximum Gasteiger partial charge on any atom is 0.244 e. The van der Waals surface area contributed by atoms with Crippen LogP contribution in [-0.2, 0) is 26.2 Å². The average molecular weight is 500 g/mol. The van der Waals surface area contributed by atoms with E-state index in [1.165, 1.54) is 4.90 Å². The maximum atomic E-state index is 13.4. The molecule has 2 rings (SSSR count). The molecule has 174 valence electrons. The van der Waals surface area contributed by atoms with Crippen LogP contribution in [0, 0.1) is 0 Å². The molecule has 0 radical (unpaired) electrons. The molecular formula is C22H27Cl2N3O4S. The number of halogens is 2. The number of rotatable bonds is 10. The van der Waals surface area contributed by atoms with Gasteiger partial charge in [-0.25, -0.2) is 8.42 Å². The molecule has 1 N–H and O–H groups in total. The lowest BCUT2D eigenvalue weighted by Crippen LogP contribution is -2.52. The third-order valence-corrected chi connectivity index (χ3v) is 6.54. The zero-order valence-electron chi connectivity index (χ0n) is 18.2. The lowest BCUT2D eigenvalue weighted by Gasteiger charge is -2.33. The predicted octanol–water partition coefficient (Wildman–Crippen LogP) is 3.70. The Bertz CT molecular complexity index is 1050. The molecule has 1 atom stereocenters. The fourth-order valence-electron chi connectivity index (χ4n) is 3.25. The molecule has 32 heavy (non-hydrogen) atoms. The zero-order chi connectivity index (χ0) is 23.9. The second kappa shape index (κ2) is 11.5. The minimum atomic E-state index is -3.75. The van der Waals surface area contributed by atoms with Crippen molar-refractivity contribution in [3.63, 3.8) is 0 Å². The van der Waals surface area contributed by atoms with Gasteiger partial charge in [0.1, 0.15) is 12.6 Å². The van der Waals surface area contributed by atoms with E-state index < -0.39 is 28.5 Å². The molecule has 2 amide bonds. The molecule has 0 bridgehead atoms. The standard InChI is InChI=1S/C22H27Cl2N3O4S/c1-4-20(22(29)25-5-2)26(14-16-11-12-17(23)13-19(16)24)21(28)15-27(32(3,30)31)18-9-7-6-8-10-18/h6-13,20H,4-5,14-15H2,1-3H3,(H,25,29)/t20-/m1/s1. The number of nitrogens with zero attached hydrogens (tertiary/aromatic N) is 2. The summed E-state index contributed by atoms with van der Waals surface area (Å²) in [7, 11) is -3.75. The average Bonchev–Trinajstić information content (AvgIpc) is 2.73. The molecule has 0 fully saturated rings. The molecule has 0 aliphatic rings. The Kier molecular flexibility index (Phi) is 9.36. The molecule has 0 aliphatic heterocycles. The van der Waals surface area contributed by atoms with Gasteiger partial charge in [-0.2, -0.15) is 0 Å². The van der Waals surface area contributed by atoms with Gasteiger partial charge in [-0.15, -0.1) is 0 Å². The highest BCUT2D eigenvalue weighted by Crippen LogP contribution is 2.24. The fraction of sp³-hybridized carbons (Fsp3) is 0.364. The SMILES string of the molecule is CCNC(=O)[C@@H](CC)N(Cc1ccc(Cl)cc1Cl)C(=O)CN(c1ccccc1)S(C)(=O)=O. The quantitative estimate of drug-likeness (QED) is 0.539. The van der Waals surface area contributed by atoms with Gasteiger partial charge in [-0.3, -0.25) is 13.9 Å². The summed E-state index contributed by atoms with van der Waals surface area (Å²) in [6.07, 6.45) is 1.38. The van der Waals surface area contributed by atoms with Gasteiger partial charge in [0.15, 0.2) is 0 Å². The van der Waals surface area contributed by atoms with Crippen molar-refractivity contribution in [3.8, 4) is 0 Å². The number of nitrogens with one attached hydrogen (secondary N) is 1. The first kappa shape index (κ1) is 26.0. The van der Waals surface area contributed by atoms with Crippen LogP contribution in [0.25, 0.3) is 0 Å². The lowest BCUT2D eigenvalue weighted by atomic mass is 10.1. The van der Waals surface area contributed by atoms with Gasteiger partial charge in [0.2, 0.25) is 21.8 Å². The third kappa shape index (κ3) is 6.85. The van der Waals surface area contributed by atoms with E-state index in [0.717, 1.165) is 10.6 Å². The van der Waals surface area contributed by atoms with Crippen molar-refractivity contribution in [1.29, 1.82) is 0 Å². The summed E-state index contributed by atoms with van der Waals surface area (Å²) < 4.78 is 25.9. The minimum Gasteiger partial charge on any atom is -0.355 e. The summed E-state index contributed by atoms with van der Waals surface area (Å²) in [5, 5.41) is 3.53. The van der Waals surface area contributed by atoms with Crippen LogP contribution in [0.3, 0.4) is 0 Å². The fourth-order valence-corrected chi connectivity index (χ4v) is 4.57. The second-order valence-electron chi connectivity index (χ2n) is 7.18. The van der Waals surface area contributed by atoms with Crippen LogP contribution in [0.15, 0.2) is 48.5 Å². The minimum absolute atomic E-state index is 0.0247. The number of carbonyl (C=O) groups excluding carboxylic acids is 2. The topological polar surface area (TPSA) is 86.8 Å². The van der Waals surface area contributed by atoms with E-state index in [-0.39, 0.29) is 12.5 Å². The van der Waals surface area contributed by atoms with E-state index >= 15 is 0 Å². The van der Waals surface area contributed by atoms with E-state index in [1.54, 1.807) is 62.4 Å². The molecule has 0 unspecified atom stereocenters. The highest BCUT2D eigenvalue weighted by molar-refractivity contribution is 7.92. The Labute approximate surface area is 199 Å². The molecule has 7 nitrogen and oxygen atoms in total. The number of carbonyl (C=O) groups is 2. The normalized spacial score (nSPS) is 12.2. The number of anilines is 1. The number of likely N-dealkylation sites (N-methyl/N-ethyl adjacent to an activating group) is 1. The molecule has 0 aromatic heterocycles. The Morgan fingerprint density at radius 1 is 1.06 bits per heavy atom. The predicted molar refractivity (Wildman–Crippen MR) is 128 cm³/mol. The monoisotopic (exact) mass is 499 g/mol. The molecule has 0 spiro atoms. The summed E-state index contributed by atoms with van der Waals surface area (Å²) >= 11 is 12.3. The first-order valence-electron chi connectivity index (χ1n) is 10.1. The maximum absolute atomic E-state index is 13.4. The van der Waals surface area contributed by atoms with E-state index in [4.69, 9.17) is 23.2 Å². The molecular weight excluding hydrogens is 473 g/mol. The lowest BCUT2D eigenvalue weighted by molar-refractivity contribution is -0.140. The highest BCUT2D eigenvalue weighted by atomic mass is 35.5. The van der Waals surface area contributed by atoms with Crippen LogP contribution in [-0.4, -0.2) is 50.5 Å². The van der Waals surface area contributed by atoms with Crippen molar-refractivity contribution >= 4 is 50.7 Å². The van der Waals surface area contributed by atoms with Crippen molar-refractivity contribution in [2.75, 3.05) is 23.7 Å². The number of para-hydroxylation sites is 1. The van der Waals surface area contributed by atoms with Crippen molar-refractivity contribution < 1.29 is 18.0 Å². The van der Waals surface area contributed by atoms with Crippen LogP contribution in [0.5, 0.6) is 0 Å². The van der Waals surface area contributed by atoms with Crippen molar-refractivity contribution in [1.82, 2.24) is 10.2 Å². The van der Waals surface area contributed by atoms with Crippen molar-refractivity contribution in [2.24, 2.45) is 0 Å². The smallest absolute Gasteiger partial charge is 0.244 e. The second-order valence-corrected chi connectivity index (χ2v) is 9.93. The molecule has 0 saturated heterocycles. The van der Waals surface area contributed by atoms with Gasteiger partial charge < -0.3 is 10.2 Å². The van der Waals surface area contributed by atoms with Crippen LogP contribution in [0.4, 0.5) is 5.69 Å². The van der Waals surface area contributed by atoms with Crippen LogP contribution < -0.4 is 9.62 Å². The molecule has 10 heteroatoms. The van der Waals surface area contributed by atoms with E-state index in [1.807, 2.05) is 0 Å². The summed E-state index contributed by atoms with van der Waals surface area (Å²) in [5.41, 5.74) is 0.955. The molecule has 0 heterocycles. The van der Waals surface area contributed by atoms with Gasteiger partial charge in [0.05, 0.1) is 11.9 Å². The molecule has 2 aromatic rings. The van der Waals surface area contributed by atoms with Gasteiger partial charge >= 0.3 is 0 Å². The molecule has 2 aromatic carbocycles. The van der Waals surface area contributed by atoms with Gasteiger partial charge in [-0.1, -0.05) is 54.4 Å². The summed E-state index contributed by atoms with van der Waals surface area (Å²) in [4.78, 5) is 27.5. The number of benzene rings is 2. The van der Waals surface area contributed by atoms with Crippen LogP contribution >= 0.6 is 23.2 Å². The zero-order valence-corrected chi connectivity index (χ0v) is 20.5. The molecule has 0 saturated carbocycles. The largest absolute Gasteiger partial charge is 0.355 e. The highest BCUT2D eigenvalue weighted by Gasteiger charge is 2.31. The van der Waals surface area contributed by atoms with E-state index in [2.05, 4.69) is 5.32 Å². The number of hydrogen-bond donors (Lipinski definition) is 1. The van der Waals surface area contributed by atoms with Gasteiger partial charge in [0, 0.05) is 23.1 Å². The summed E-state index contributed by atoms with van der Waals surface area (Å²) in [6, 6.07) is 12.4. The number of amides is 2. The first-order chi connectivity index (χ1) is 15.1. The Morgan fingerprint density at radius 2 is 1.72 bits per heavy atom. The van der Waals surface area contributed by atoms with E-state index in [9.17, 15) is 18.0 Å². The first-order valence-corrected chi connectivity index (χ1v) is 12.7. The van der Waals surface area contributed by atoms with Gasteiger partial charge in [-0.05, 0) is 43.2 Å². The molecule has 0 aliphatic carbocycles. The number of hydrogen-bond acceptors (Lipinski definition) is 4. The number of sulfonamides is 1. The Morgan fingerprint density at radius 3 is 2.25 bits per heavy atom. The Hall–Kier alpha value is -2.29. The van der Waals surface area contributed by atoms with E-state index in [0.29, 0.717) is 34.3 Å². The van der Waals surface area contributed by atoms with Crippen LogP contribution in [0.2, 0.25) is 10.0 Å². The van der Waals surface area contributed by atoms with Crippen LogP contribution in [0.1, 0.15) is 25.8 Å². The summed E-state index contributed by atoms with van der Waals surface area (Å²) in [6.45, 7) is 3.54. The van der Waals surface area contributed by atoms with Crippen molar-refractivity contribution in [2.45, 2.75) is 32.9 Å². The van der Waals surface area contributed by atoms with Gasteiger partial charge in [0.25, 0.3) is 0 Å². The third-order valence-electron chi connectivity index (χ3n) is 4.82. The summed E-state index contributed by atoms with van der Waals surface area (Å²) in [5.74, 6) is -0.845. The Balaban J connectivity index is 2.44. The van der Waals surface area contributed by atoms with Crippen molar-refractivity contribution in [3.05, 3.63) is 64.1 Å².